The van der Waals surface area contributed by atoms with Crippen molar-refractivity contribution in [1.29, 1.82) is 0 Å². The first-order chi connectivity index (χ1) is 15.7. The first kappa shape index (κ1) is 22.5. The first-order valence-corrected chi connectivity index (χ1v) is 11.6. The molecule has 6 heteroatoms. The Hall–Kier alpha value is -2.73. The van der Waals surface area contributed by atoms with Gasteiger partial charge in [0.15, 0.2) is 11.5 Å². The molecule has 0 N–H and O–H groups in total. The number of carbonyl (C=O) groups is 1. The Labute approximate surface area is 191 Å². The summed E-state index contributed by atoms with van der Waals surface area (Å²) in [5, 5.41) is 0. The SMILES string of the molecule is COCC(=O)N1CCN(c2ccc(OC)c(OC3CCCC3)c2)C[C@@H]1Cc1ccccc1. The molecule has 1 atom stereocenters. The molecule has 0 unspecified atom stereocenters. The number of ether oxygens (including phenoxy) is 3. The van der Waals surface area contributed by atoms with E-state index in [1.165, 1.54) is 18.4 Å². The summed E-state index contributed by atoms with van der Waals surface area (Å²) in [4.78, 5) is 17.0. The predicted octanol–water partition coefficient (Wildman–Crippen LogP) is 3.92. The third-order valence-corrected chi connectivity index (χ3v) is 6.49. The van der Waals surface area contributed by atoms with Gasteiger partial charge in [0.05, 0.1) is 19.3 Å². The molecule has 4 rings (SSSR count). The average molecular weight is 439 g/mol. The number of piperazine rings is 1. The summed E-state index contributed by atoms with van der Waals surface area (Å²) in [6.45, 7) is 2.33. The minimum absolute atomic E-state index is 0.0491. The molecule has 1 amide bonds. The molecule has 2 aromatic rings. The van der Waals surface area contributed by atoms with Crippen LogP contribution in [0.1, 0.15) is 31.2 Å². The lowest BCUT2D eigenvalue weighted by molar-refractivity contribution is -0.137. The van der Waals surface area contributed by atoms with Crippen LogP contribution in [-0.2, 0) is 16.0 Å². The number of methoxy groups -OCH3 is 2. The van der Waals surface area contributed by atoms with Gasteiger partial charge in [-0.25, -0.2) is 0 Å². The van der Waals surface area contributed by atoms with Crippen LogP contribution in [0.2, 0.25) is 0 Å². The van der Waals surface area contributed by atoms with Crippen LogP contribution >= 0.6 is 0 Å². The highest BCUT2D eigenvalue weighted by Crippen LogP contribution is 2.35. The van der Waals surface area contributed by atoms with Crippen molar-refractivity contribution in [2.24, 2.45) is 0 Å². The molecular weight excluding hydrogens is 404 g/mol. The zero-order chi connectivity index (χ0) is 22.3. The van der Waals surface area contributed by atoms with Crippen molar-refractivity contribution in [2.45, 2.75) is 44.2 Å². The van der Waals surface area contributed by atoms with Crippen LogP contribution in [0.5, 0.6) is 11.5 Å². The highest BCUT2D eigenvalue weighted by Gasteiger charge is 2.31. The first-order valence-electron chi connectivity index (χ1n) is 11.6. The molecule has 0 radical (unpaired) electrons. The van der Waals surface area contributed by atoms with Crippen LogP contribution < -0.4 is 14.4 Å². The maximum atomic E-state index is 12.7. The molecule has 0 bridgehead atoms. The normalized spacial score (nSPS) is 19.2. The molecule has 1 aliphatic carbocycles. The Kier molecular flexibility index (Phi) is 7.53. The lowest BCUT2D eigenvalue weighted by Crippen LogP contribution is -2.57. The van der Waals surface area contributed by atoms with Gasteiger partial charge in [-0.3, -0.25) is 4.79 Å². The number of hydrogen-bond acceptors (Lipinski definition) is 5. The molecule has 2 aliphatic rings. The molecule has 0 aromatic heterocycles. The molecular formula is C26H34N2O4. The topological polar surface area (TPSA) is 51.2 Å². The molecule has 172 valence electrons. The van der Waals surface area contributed by atoms with Gasteiger partial charge in [0.25, 0.3) is 0 Å². The van der Waals surface area contributed by atoms with E-state index < -0.39 is 0 Å². The van der Waals surface area contributed by atoms with Gasteiger partial charge < -0.3 is 24.0 Å². The van der Waals surface area contributed by atoms with E-state index in [0.29, 0.717) is 6.54 Å². The van der Waals surface area contributed by atoms with E-state index in [1.807, 2.05) is 29.2 Å². The van der Waals surface area contributed by atoms with Crippen LogP contribution in [0.15, 0.2) is 48.5 Å². The number of anilines is 1. The average Bonchev–Trinajstić information content (AvgIpc) is 3.33. The largest absolute Gasteiger partial charge is 0.493 e. The van der Waals surface area contributed by atoms with Crippen LogP contribution in [-0.4, -0.2) is 63.4 Å². The smallest absolute Gasteiger partial charge is 0.248 e. The van der Waals surface area contributed by atoms with Crippen LogP contribution in [0.25, 0.3) is 0 Å². The standard InChI is InChI=1S/C26H34N2O4/c1-30-19-26(29)28-15-14-27(18-22(28)16-20-8-4-3-5-9-20)21-12-13-24(31-2)25(17-21)32-23-10-6-7-11-23/h3-5,8-9,12-13,17,22-23H,6-7,10-11,14-16,18-19H2,1-2H3/t22-/m0/s1. The van der Waals surface area contributed by atoms with Crippen molar-refractivity contribution in [3.63, 3.8) is 0 Å². The maximum absolute atomic E-state index is 12.7. The van der Waals surface area contributed by atoms with Crippen molar-refractivity contribution in [1.82, 2.24) is 4.90 Å². The highest BCUT2D eigenvalue weighted by molar-refractivity contribution is 5.78. The number of hydrogen-bond donors (Lipinski definition) is 0. The Morgan fingerprint density at radius 1 is 1.00 bits per heavy atom. The van der Waals surface area contributed by atoms with E-state index in [-0.39, 0.29) is 24.7 Å². The van der Waals surface area contributed by atoms with Gasteiger partial charge in [0, 0.05) is 38.5 Å². The second kappa shape index (κ2) is 10.7. The fraction of sp³-hybridized carbons (Fsp3) is 0.500. The van der Waals surface area contributed by atoms with E-state index in [4.69, 9.17) is 14.2 Å². The monoisotopic (exact) mass is 438 g/mol. The maximum Gasteiger partial charge on any atom is 0.248 e. The van der Waals surface area contributed by atoms with E-state index in [1.54, 1.807) is 14.2 Å². The molecule has 1 saturated carbocycles. The Morgan fingerprint density at radius 2 is 1.78 bits per heavy atom. The quantitative estimate of drug-likeness (QED) is 0.625. The minimum atomic E-state index is 0.0491. The second-order valence-electron chi connectivity index (χ2n) is 8.67. The molecule has 6 nitrogen and oxygen atoms in total. The van der Waals surface area contributed by atoms with Crippen LogP contribution in [0.4, 0.5) is 5.69 Å². The Morgan fingerprint density at radius 3 is 2.50 bits per heavy atom. The second-order valence-corrected chi connectivity index (χ2v) is 8.67. The minimum Gasteiger partial charge on any atom is -0.493 e. The third kappa shape index (κ3) is 5.36. The number of rotatable bonds is 8. The van der Waals surface area contributed by atoms with Crippen molar-refractivity contribution < 1.29 is 19.0 Å². The van der Waals surface area contributed by atoms with Gasteiger partial charge in [0.2, 0.25) is 5.91 Å². The molecule has 32 heavy (non-hydrogen) atoms. The summed E-state index contributed by atoms with van der Waals surface area (Å²) >= 11 is 0. The highest BCUT2D eigenvalue weighted by atomic mass is 16.5. The van der Waals surface area contributed by atoms with E-state index >= 15 is 0 Å². The predicted molar refractivity (Wildman–Crippen MR) is 126 cm³/mol. The number of benzene rings is 2. The molecule has 1 saturated heterocycles. The fourth-order valence-electron chi connectivity index (χ4n) is 4.83. The van der Waals surface area contributed by atoms with Crippen LogP contribution in [0, 0.1) is 0 Å². The summed E-state index contributed by atoms with van der Waals surface area (Å²) in [6, 6.07) is 16.6. The van der Waals surface area contributed by atoms with Crippen molar-refractivity contribution in [2.75, 3.05) is 45.4 Å². The van der Waals surface area contributed by atoms with E-state index in [0.717, 1.165) is 49.5 Å². The van der Waals surface area contributed by atoms with Crippen molar-refractivity contribution in [3.05, 3.63) is 54.1 Å². The molecule has 0 spiro atoms. The zero-order valence-electron chi connectivity index (χ0n) is 19.2. The van der Waals surface area contributed by atoms with Gasteiger partial charge in [-0.15, -0.1) is 0 Å². The summed E-state index contributed by atoms with van der Waals surface area (Å²) in [6.07, 6.45) is 5.75. The van der Waals surface area contributed by atoms with Gasteiger partial charge >= 0.3 is 0 Å². The molecule has 1 aliphatic heterocycles. The van der Waals surface area contributed by atoms with Crippen molar-refractivity contribution >= 4 is 11.6 Å². The zero-order valence-corrected chi connectivity index (χ0v) is 19.2. The van der Waals surface area contributed by atoms with E-state index in [9.17, 15) is 4.79 Å². The molecule has 2 fully saturated rings. The lowest BCUT2D eigenvalue weighted by atomic mass is 10.0. The number of amides is 1. The number of nitrogens with zero attached hydrogens (tertiary/aromatic N) is 2. The Bertz CT molecular complexity index is 883. The summed E-state index contributed by atoms with van der Waals surface area (Å²) < 4.78 is 17.0. The Balaban J connectivity index is 1.53. The van der Waals surface area contributed by atoms with E-state index in [2.05, 4.69) is 29.2 Å². The summed E-state index contributed by atoms with van der Waals surface area (Å²) in [5.74, 6) is 1.64. The van der Waals surface area contributed by atoms with Gasteiger partial charge in [-0.05, 0) is 49.8 Å². The third-order valence-electron chi connectivity index (χ3n) is 6.49. The van der Waals surface area contributed by atoms with Crippen molar-refractivity contribution in [3.8, 4) is 11.5 Å². The van der Waals surface area contributed by atoms with Gasteiger partial charge in [-0.1, -0.05) is 30.3 Å². The van der Waals surface area contributed by atoms with Gasteiger partial charge in [0.1, 0.15) is 6.61 Å². The fourth-order valence-corrected chi connectivity index (χ4v) is 4.83. The summed E-state index contributed by atoms with van der Waals surface area (Å²) in [5.41, 5.74) is 2.34. The van der Waals surface area contributed by atoms with Crippen LogP contribution in [0.3, 0.4) is 0 Å². The van der Waals surface area contributed by atoms with Gasteiger partial charge in [-0.2, -0.15) is 0 Å². The molecule has 1 heterocycles. The summed E-state index contributed by atoms with van der Waals surface area (Å²) in [7, 11) is 3.26. The molecule has 2 aromatic carbocycles. The number of carbonyl (C=O) groups excluding carboxylic acids is 1. The lowest BCUT2D eigenvalue weighted by Gasteiger charge is -2.42.